The van der Waals surface area contributed by atoms with Gasteiger partial charge in [-0.25, -0.2) is 15.5 Å². The highest BCUT2D eigenvalue weighted by atomic mass is 16.6. The van der Waals surface area contributed by atoms with Gasteiger partial charge in [-0.3, -0.25) is 4.84 Å². The highest BCUT2D eigenvalue weighted by Gasteiger charge is 2.25. The van der Waals surface area contributed by atoms with E-state index in [9.17, 15) is 9.59 Å². The topological polar surface area (TPSA) is 110 Å². The van der Waals surface area contributed by atoms with Gasteiger partial charge in [-0.15, -0.1) is 0 Å². The van der Waals surface area contributed by atoms with Crippen LogP contribution in [0.15, 0.2) is 0 Å². The van der Waals surface area contributed by atoms with Crippen LogP contribution in [-0.2, 0) is 14.4 Å². The monoisotopic (exact) mass is 135 g/mol. The molecule has 4 N–H and O–H groups in total. The summed E-state index contributed by atoms with van der Waals surface area (Å²) in [5.41, 5.74) is 0. The lowest BCUT2D eigenvalue weighted by Crippen LogP contribution is -2.34. The summed E-state index contributed by atoms with van der Waals surface area (Å²) < 4.78 is 0. The minimum atomic E-state index is -1.97. The summed E-state index contributed by atoms with van der Waals surface area (Å²) >= 11 is 0. The van der Waals surface area contributed by atoms with Crippen molar-refractivity contribution in [3.8, 4) is 0 Å². The molecule has 0 saturated heterocycles. The molecule has 0 fully saturated rings. The van der Waals surface area contributed by atoms with Gasteiger partial charge >= 0.3 is 11.9 Å². The number of aliphatic carboxylic acids is 2. The van der Waals surface area contributed by atoms with Crippen molar-refractivity contribution >= 4 is 11.9 Å². The Bertz CT molecular complexity index is 118. The summed E-state index contributed by atoms with van der Waals surface area (Å²) in [5.74, 6) is 1.07. The Morgan fingerprint density at radius 1 is 1.33 bits per heavy atom. The molecule has 0 saturated carbocycles. The van der Waals surface area contributed by atoms with E-state index in [1.54, 1.807) is 0 Å². The summed E-state index contributed by atoms with van der Waals surface area (Å²) in [7, 11) is 0. The summed E-state index contributed by atoms with van der Waals surface area (Å²) in [5, 5.41) is 15.9. The van der Waals surface area contributed by atoms with Crippen LogP contribution in [0, 0.1) is 0 Å². The second-order valence-corrected chi connectivity index (χ2v) is 1.19. The quantitative estimate of drug-likeness (QED) is 0.318. The molecule has 0 rings (SSSR count). The van der Waals surface area contributed by atoms with E-state index < -0.39 is 18.0 Å². The Balaban J connectivity index is 3.99. The molecule has 0 unspecified atom stereocenters. The third-order valence-electron chi connectivity index (χ3n) is 0.585. The molecule has 0 aromatic carbocycles. The van der Waals surface area contributed by atoms with Crippen molar-refractivity contribution in [2.45, 2.75) is 6.10 Å². The van der Waals surface area contributed by atoms with Crippen LogP contribution in [0.5, 0.6) is 0 Å². The molecule has 52 valence electrons. The molecule has 0 aliphatic carbocycles. The maximum Gasteiger partial charge on any atom is 0.346 e. The number of hydrogen-bond acceptors (Lipinski definition) is 4. The SMILES string of the molecule is NOC(C(=O)O)C(=O)O. The Morgan fingerprint density at radius 3 is 1.67 bits per heavy atom. The van der Waals surface area contributed by atoms with Crippen LogP contribution in [0.4, 0.5) is 0 Å². The van der Waals surface area contributed by atoms with Gasteiger partial charge in [0.2, 0.25) is 0 Å². The molecule has 0 heterocycles. The zero-order valence-corrected chi connectivity index (χ0v) is 4.27. The van der Waals surface area contributed by atoms with Crippen LogP contribution >= 0.6 is 0 Å². The fourth-order valence-corrected chi connectivity index (χ4v) is 0.222. The van der Waals surface area contributed by atoms with Crippen LogP contribution in [0.1, 0.15) is 0 Å². The maximum atomic E-state index is 9.79. The number of carboxylic acid groups (broad SMARTS) is 2. The average molecular weight is 135 g/mol. The predicted octanol–water partition coefficient (Wildman–Crippen LogP) is -1.59. The Hall–Kier alpha value is -1.14. The lowest BCUT2D eigenvalue weighted by Gasteiger charge is -2.00. The number of hydrogen-bond donors (Lipinski definition) is 3. The Labute approximate surface area is 49.8 Å². The van der Waals surface area contributed by atoms with Gasteiger partial charge < -0.3 is 10.2 Å². The number of carbonyl (C=O) groups is 2. The zero-order valence-electron chi connectivity index (χ0n) is 4.27. The molecule has 0 amide bonds. The summed E-state index contributed by atoms with van der Waals surface area (Å²) in [6.45, 7) is 0. The van der Waals surface area contributed by atoms with E-state index in [-0.39, 0.29) is 0 Å². The zero-order chi connectivity index (χ0) is 7.44. The largest absolute Gasteiger partial charge is 0.479 e. The van der Waals surface area contributed by atoms with E-state index >= 15 is 0 Å². The van der Waals surface area contributed by atoms with Crippen molar-refractivity contribution < 1.29 is 24.6 Å². The standard InChI is InChI=1S/C3H5NO5/c4-9-1(2(5)6)3(7)8/h1H,4H2,(H,5,6)(H,7,8). The summed E-state index contributed by atoms with van der Waals surface area (Å²) in [4.78, 5) is 23.1. The number of nitrogens with two attached hydrogens (primary N) is 1. The van der Waals surface area contributed by atoms with E-state index in [4.69, 9.17) is 10.2 Å². The minimum Gasteiger partial charge on any atom is -0.479 e. The van der Waals surface area contributed by atoms with Crippen molar-refractivity contribution in [3.05, 3.63) is 0 Å². The molecule has 6 heteroatoms. The molecule has 0 spiro atoms. The Morgan fingerprint density at radius 2 is 1.67 bits per heavy atom. The van der Waals surface area contributed by atoms with Gasteiger partial charge in [-0.2, -0.15) is 0 Å². The van der Waals surface area contributed by atoms with Gasteiger partial charge in [0.05, 0.1) is 0 Å². The third-order valence-corrected chi connectivity index (χ3v) is 0.585. The van der Waals surface area contributed by atoms with Gasteiger partial charge in [0.25, 0.3) is 6.10 Å². The van der Waals surface area contributed by atoms with Gasteiger partial charge in [-0.05, 0) is 0 Å². The maximum absolute atomic E-state index is 9.79. The van der Waals surface area contributed by atoms with Crippen molar-refractivity contribution in [1.82, 2.24) is 0 Å². The van der Waals surface area contributed by atoms with Crippen molar-refractivity contribution in [2.75, 3.05) is 0 Å². The summed E-state index contributed by atoms with van der Waals surface area (Å²) in [6.07, 6.45) is -1.97. The van der Waals surface area contributed by atoms with Gasteiger partial charge in [0.15, 0.2) is 0 Å². The van der Waals surface area contributed by atoms with Gasteiger partial charge in [0.1, 0.15) is 0 Å². The van der Waals surface area contributed by atoms with E-state index in [0.717, 1.165) is 0 Å². The number of carboxylic acids is 2. The lowest BCUT2D eigenvalue weighted by atomic mass is 10.4. The molecule has 0 aliphatic rings. The minimum absolute atomic E-state index is 1.62. The van der Waals surface area contributed by atoms with E-state index in [1.807, 2.05) is 0 Å². The molecule has 0 radical (unpaired) electrons. The Kier molecular flexibility index (Phi) is 2.62. The van der Waals surface area contributed by atoms with Gasteiger partial charge in [0, 0.05) is 0 Å². The normalized spacial score (nSPS) is 9.56. The molecular weight excluding hydrogens is 130 g/mol. The first-order chi connectivity index (χ1) is 4.09. The first-order valence-corrected chi connectivity index (χ1v) is 1.90. The van der Waals surface area contributed by atoms with Crippen LogP contribution in [0.3, 0.4) is 0 Å². The molecule has 6 nitrogen and oxygen atoms in total. The van der Waals surface area contributed by atoms with E-state index in [0.29, 0.717) is 0 Å². The fraction of sp³-hybridized carbons (Fsp3) is 0.333. The van der Waals surface area contributed by atoms with Gasteiger partial charge in [-0.1, -0.05) is 0 Å². The molecular formula is C3H5NO5. The lowest BCUT2D eigenvalue weighted by molar-refractivity contribution is -0.166. The van der Waals surface area contributed by atoms with Crippen LogP contribution < -0.4 is 5.90 Å². The molecule has 0 bridgehead atoms. The highest BCUT2D eigenvalue weighted by molar-refractivity contribution is 5.95. The van der Waals surface area contributed by atoms with Crippen molar-refractivity contribution in [2.24, 2.45) is 5.90 Å². The van der Waals surface area contributed by atoms with E-state index in [1.165, 1.54) is 0 Å². The second-order valence-electron chi connectivity index (χ2n) is 1.19. The number of rotatable bonds is 3. The first-order valence-electron chi connectivity index (χ1n) is 1.90. The first kappa shape index (κ1) is 7.86. The fourth-order valence-electron chi connectivity index (χ4n) is 0.222. The smallest absolute Gasteiger partial charge is 0.346 e. The molecule has 0 atom stereocenters. The van der Waals surface area contributed by atoms with Crippen molar-refractivity contribution in [1.29, 1.82) is 0 Å². The third kappa shape index (κ3) is 2.06. The highest BCUT2D eigenvalue weighted by Crippen LogP contribution is 1.85. The van der Waals surface area contributed by atoms with Crippen molar-refractivity contribution in [3.63, 3.8) is 0 Å². The molecule has 9 heavy (non-hydrogen) atoms. The van der Waals surface area contributed by atoms with E-state index in [2.05, 4.69) is 10.7 Å². The second kappa shape index (κ2) is 3.00. The van der Waals surface area contributed by atoms with Crippen LogP contribution in [0.25, 0.3) is 0 Å². The predicted molar refractivity (Wildman–Crippen MR) is 24.3 cm³/mol. The molecule has 0 aromatic heterocycles. The molecule has 0 aromatic rings. The van der Waals surface area contributed by atoms with Crippen LogP contribution in [0.2, 0.25) is 0 Å². The molecule has 0 aliphatic heterocycles. The van der Waals surface area contributed by atoms with Crippen LogP contribution in [-0.4, -0.2) is 28.3 Å². The average Bonchev–Trinajstić information content (AvgIpc) is 1.64. The summed E-state index contributed by atoms with van der Waals surface area (Å²) in [6, 6.07) is 0.